The smallest absolute Gasteiger partial charge is 0.243 e. The Morgan fingerprint density at radius 3 is 2.32 bits per heavy atom. The highest BCUT2D eigenvalue weighted by Crippen LogP contribution is 2.25. The lowest BCUT2D eigenvalue weighted by atomic mass is 10.1. The number of hydrogen-bond donors (Lipinski definition) is 0. The molecule has 0 unspecified atom stereocenters. The molecule has 1 saturated heterocycles. The van der Waals surface area contributed by atoms with Gasteiger partial charge in [-0.2, -0.15) is 4.31 Å². The van der Waals surface area contributed by atoms with Crippen molar-refractivity contribution in [3.63, 3.8) is 0 Å². The van der Waals surface area contributed by atoms with Crippen LogP contribution in [0.1, 0.15) is 24.8 Å². The van der Waals surface area contributed by atoms with Gasteiger partial charge in [-0.15, -0.1) is 0 Å². The topological polar surface area (TPSA) is 57.7 Å². The molecule has 0 aliphatic carbocycles. The Hall–Kier alpha value is -1.60. The number of likely N-dealkylation sites (tertiary alicyclic amines) is 1. The Balaban J connectivity index is 1.90. The summed E-state index contributed by atoms with van der Waals surface area (Å²) in [6.07, 6.45) is 2.98. The van der Waals surface area contributed by atoms with E-state index in [1.807, 2.05) is 0 Å². The SMILES string of the molecule is O=C(CN(Cc1ccc(Cl)cc1Cl)S(=O)(=O)c1ccccc1)N1CCCCC1. The molecule has 0 saturated carbocycles. The van der Waals surface area contributed by atoms with E-state index in [1.165, 1.54) is 16.4 Å². The molecule has 2 aromatic rings. The van der Waals surface area contributed by atoms with Crippen LogP contribution in [0.4, 0.5) is 0 Å². The highest BCUT2D eigenvalue weighted by molar-refractivity contribution is 7.89. The van der Waals surface area contributed by atoms with Crippen LogP contribution in [0.5, 0.6) is 0 Å². The van der Waals surface area contributed by atoms with Crippen LogP contribution in [0.3, 0.4) is 0 Å². The third-order valence-corrected chi connectivity index (χ3v) is 7.16. The molecule has 1 fully saturated rings. The number of piperidine rings is 1. The maximum absolute atomic E-state index is 13.2. The molecular formula is C20H22Cl2N2O3S. The number of nitrogens with zero attached hydrogens (tertiary/aromatic N) is 2. The van der Waals surface area contributed by atoms with Gasteiger partial charge in [0.05, 0.1) is 11.4 Å². The largest absolute Gasteiger partial charge is 0.342 e. The third-order valence-electron chi connectivity index (χ3n) is 4.76. The Labute approximate surface area is 175 Å². The van der Waals surface area contributed by atoms with Crippen LogP contribution in [0.15, 0.2) is 53.4 Å². The van der Waals surface area contributed by atoms with Gasteiger partial charge in [0.15, 0.2) is 0 Å². The lowest BCUT2D eigenvalue weighted by molar-refractivity contribution is -0.132. The number of amides is 1. The zero-order valence-corrected chi connectivity index (χ0v) is 17.7. The monoisotopic (exact) mass is 440 g/mol. The highest BCUT2D eigenvalue weighted by atomic mass is 35.5. The first-order valence-electron chi connectivity index (χ1n) is 9.15. The molecule has 1 heterocycles. The molecule has 0 N–H and O–H groups in total. The molecule has 28 heavy (non-hydrogen) atoms. The van der Waals surface area contributed by atoms with Gasteiger partial charge in [-0.25, -0.2) is 8.42 Å². The van der Waals surface area contributed by atoms with E-state index in [0.717, 1.165) is 19.3 Å². The molecule has 3 rings (SSSR count). The van der Waals surface area contributed by atoms with E-state index in [1.54, 1.807) is 41.3 Å². The Kier molecular flexibility index (Phi) is 6.99. The van der Waals surface area contributed by atoms with E-state index in [-0.39, 0.29) is 23.9 Å². The first kappa shape index (κ1) is 21.1. The summed E-state index contributed by atoms with van der Waals surface area (Å²) < 4.78 is 27.6. The Bertz CT molecular complexity index is 930. The molecule has 0 aromatic heterocycles. The minimum atomic E-state index is -3.87. The van der Waals surface area contributed by atoms with Crippen molar-refractivity contribution >= 4 is 39.1 Å². The van der Waals surface area contributed by atoms with Crippen molar-refractivity contribution in [2.75, 3.05) is 19.6 Å². The van der Waals surface area contributed by atoms with Gasteiger partial charge < -0.3 is 4.90 Å². The van der Waals surface area contributed by atoms with Crippen molar-refractivity contribution in [1.82, 2.24) is 9.21 Å². The van der Waals surface area contributed by atoms with Crippen molar-refractivity contribution in [3.05, 3.63) is 64.1 Å². The third kappa shape index (κ3) is 5.06. The number of sulfonamides is 1. The summed E-state index contributed by atoms with van der Waals surface area (Å²) >= 11 is 12.2. The molecular weight excluding hydrogens is 419 g/mol. The quantitative estimate of drug-likeness (QED) is 0.675. The first-order chi connectivity index (χ1) is 13.4. The zero-order chi connectivity index (χ0) is 20.1. The summed E-state index contributed by atoms with van der Waals surface area (Å²) in [6.45, 7) is 1.10. The highest BCUT2D eigenvalue weighted by Gasteiger charge is 2.29. The summed E-state index contributed by atoms with van der Waals surface area (Å²) in [5, 5.41) is 0.835. The molecule has 1 amide bonds. The summed E-state index contributed by atoms with van der Waals surface area (Å²) in [4.78, 5) is 14.7. The molecule has 150 valence electrons. The van der Waals surface area contributed by atoms with Crippen LogP contribution in [-0.2, 0) is 21.4 Å². The number of carbonyl (C=O) groups excluding carboxylic acids is 1. The minimum Gasteiger partial charge on any atom is -0.342 e. The standard InChI is InChI=1S/C20H22Cl2N2O3S/c21-17-10-9-16(19(22)13-17)14-24(15-20(25)23-11-5-2-6-12-23)28(26,27)18-7-3-1-4-8-18/h1,3-4,7-10,13H,2,5-6,11-12,14-15H2. The Morgan fingerprint density at radius 2 is 1.68 bits per heavy atom. The van der Waals surface area contributed by atoms with Gasteiger partial charge in [-0.3, -0.25) is 4.79 Å². The second-order valence-electron chi connectivity index (χ2n) is 6.76. The van der Waals surface area contributed by atoms with E-state index in [2.05, 4.69) is 0 Å². The van der Waals surface area contributed by atoms with Crippen molar-refractivity contribution < 1.29 is 13.2 Å². The normalized spacial score (nSPS) is 15.0. The molecule has 1 aliphatic heterocycles. The fourth-order valence-electron chi connectivity index (χ4n) is 3.20. The van der Waals surface area contributed by atoms with Gasteiger partial charge in [0.2, 0.25) is 15.9 Å². The Morgan fingerprint density at radius 1 is 1.00 bits per heavy atom. The predicted octanol–water partition coefficient (Wildman–Crippen LogP) is 4.20. The summed E-state index contributed by atoms with van der Waals surface area (Å²) in [5.41, 5.74) is 0.594. The number of carbonyl (C=O) groups is 1. The van der Waals surface area contributed by atoms with Crippen molar-refractivity contribution in [2.24, 2.45) is 0 Å². The van der Waals surface area contributed by atoms with Gasteiger partial charge in [0, 0.05) is 29.7 Å². The fourth-order valence-corrected chi connectivity index (χ4v) is 5.06. The maximum atomic E-state index is 13.2. The van der Waals surface area contributed by atoms with Crippen molar-refractivity contribution in [3.8, 4) is 0 Å². The molecule has 0 radical (unpaired) electrons. The molecule has 8 heteroatoms. The fraction of sp³-hybridized carbons (Fsp3) is 0.350. The lowest BCUT2D eigenvalue weighted by Gasteiger charge is -2.30. The van der Waals surface area contributed by atoms with Gasteiger partial charge in [0.25, 0.3) is 0 Å². The zero-order valence-electron chi connectivity index (χ0n) is 15.4. The van der Waals surface area contributed by atoms with Crippen LogP contribution in [0.25, 0.3) is 0 Å². The van der Waals surface area contributed by atoms with E-state index >= 15 is 0 Å². The van der Waals surface area contributed by atoms with Crippen LogP contribution in [0.2, 0.25) is 10.0 Å². The van der Waals surface area contributed by atoms with Gasteiger partial charge in [0.1, 0.15) is 0 Å². The van der Waals surface area contributed by atoms with Crippen molar-refractivity contribution in [2.45, 2.75) is 30.7 Å². The van der Waals surface area contributed by atoms with Crippen LogP contribution >= 0.6 is 23.2 Å². The van der Waals surface area contributed by atoms with E-state index < -0.39 is 10.0 Å². The van der Waals surface area contributed by atoms with Crippen LogP contribution < -0.4 is 0 Å². The van der Waals surface area contributed by atoms with E-state index in [9.17, 15) is 13.2 Å². The van der Waals surface area contributed by atoms with E-state index in [0.29, 0.717) is 28.7 Å². The molecule has 0 spiro atoms. The number of benzene rings is 2. The van der Waals surface area contributed by atoms with Gasteiger partial charge in [-0.05, 0) is 49.1 Å². The first-order valence-corrected chi connectivity index (χ1v) is 11.3. The summed E-state index contributed by atoms with van der Waals surface area (Å²) in [5.74, 6) is -0.190. The van der Waals surface area contributed by atoms with Gasteiger partial charge >= 0.3 is 0 Å². The maximum Gasteiger partial charge on any atom is 0.243 e. The minimum absolute atomic E-state index is 0.00713. The average molecular weight is 441 g/mol. The van der Waals surface area contributed by atoms with E-state index in [4.69, 9.17) is 23.2 Å². The molecule has 0 bridgehead atoms. The second kappa shape index (κ2) is 9.27. The average Bonchev–Trinajstić information content (AvgIpc) is 2.70. The predicted molar refractivity (Wildman–Crippen MR) is 111 cm³/mol. The second-order valence-corrected chi connectivity index (χ2v) is 9.54. The molecule has 2 aromatic carbocycles. The lowest BCUT2D eigenvalue weighted by Crippen LogP contribution is -2.44. The number of rotatable bonds is 6. The van der Waals surface area contributed by atoms with Crippen LogP contribution in [0, 0.1) is 0 Å². The van der Waals surface area contributed by atoms with Gasteiger partial charge in [-0.1, -0.05) is 47.5 Å². The molecule has 0 atom stereocenters. The molecule has 1 aliphatic rings. The summed E-state index contributed by atoms with van der Waals surface area (Å²) in [6, 6.07) is 13.0. The summed E-state index contributed by atoms with van der Waals surface area (Å²) in [7, 11) is -3.87. The molecule has 5 nitrogen and oxygen atoms in total. The van der Waals surface area contributed by atoms with Crippen LogP contribution in [-0.4, -0.2) is 43.2 Å². The number of halogens is 2. The number of hydrogen-bond acceptors (Lipinski definition) is 3. The van der Waals surface area contributed by atoms with Crippen molar-refractivity contribution in [1.29, 1.82) is 0 Å².